The van der Waals surface area contributed by atoms with Gasteiger partial charge in [-0.1, -0.05) is 24.3 Å². The average Bonchev–Trinajstić information content (AvgIpc) is 3.42. The number of aliphatic imine (C=N–C) groups is 1. The number of benzene rings is 2. The van der Waals surface area contributed by atoms with E-state index in [9.17, 15) is 4.79 Å². The zero-order chi connectivity index (χ0) is 24.4. The normalized spacial score (nSPS) is 15.9. The van der Waals surface area contributed by atoms with Gasteiger partial charge in [-0.15, -0.1) is 0 Å². The molecule has 2 aromatic heterocycles. The quantitative estimate of drug-likeness (QED) is 0.353. The number of nitrogens with zero attached hydrogens (tertiary/aromatic N) is 5. The minimum Gasteiger partial charge on any atom is -0.497 e. The minimum atomic E-state index is -0.116. The molecule has 0 N–H and O–H groups in total. The first kappa shape index (κ1) is 22.6. The zero-order valence-corrected chi connectivity index (χ0v) is 20.4. The number of hydrogen-bond acceptors (Lipinski definition) is 6. The second-order valence-electron chi connectivity index (χ2n) is 7.95. The second-order valence-corrected chi connectivity index (χ2v) is 8.96. The lowest BCUT2D eigenvalue weighted by Crippen LogP contribution is -2.23. The number of aryl methyl sites for hydroxylation is 1. The third-order valence-electron chi connectivity index (χ3n) is 5.50. The van der Waals surface area contributed by atoms with Gasteiger partial charge in [0.25, 0.3) is 5.91 Å². The predicted octanol–water partition coefficient (Wildman–Crippen LogP) is 5.49. The summed E-state index contributed by atoms with van der Waals surface area (Å²) < 4.78 is 7.13. The molecule has 1 saturated heterocycles. The van der Waals surface area contributed by atoms with E-state index >= 15 is 0 Å². The summed E-state index contributed by atoms with van der Waals surface area (Å²) in [6.07, 6.45) is 3.81. The van der Waals surface area contributed by atoms with Crippen molar-refractivity contribution in [1.29, 1.82) is 0 Å². The van der Waals surface area contributed by atoms with Gasteiger partial charge >= 0.3 is 0 Å². The highest BCUT2D eigenvalue weighted by atomic mass is 32.2. The molecular weight excluding hydrogens is 458 g/mol. The Hall–Kier alpha value is -4.17. The number of amides is 1. The number of rotatable bonds is 5. The van der Waals surface area contributed by atoms with E-state index < -0.39 is 0 Å². The summed E-state index contributed by atoms with van der Waals surface area (Å²) in [7, 11) is 3.36. The lowest BCUT2D eigenvalue weighted by atomic mass is 10.1. The highest BCUT2D eigenvalue weighted by Gasteiger charge is 2.31. The Labute approximate surface area is 207 Å². The third kappa shape index (κ3) is 4.74. The van der Waals surface area contributed by atoms with Crippen molar-refractivity contribution in [2.45, 2.75) is 6.92 Å². The molecule has 35 heavy (non-hydrogen) atoms. The lowest BCUT2D eigenvalue weighted by Gasteiger charge is -2.06. The van der Waals surface area contributed by atoms with E-state index in [0.717, 1.165) is 34.0 Å². The number of amidine groups is 1. The predicted molar refractivity (Wildman–Crippen MR) is 140 cm³/mol. The maximum absolute atomic E-state index is 13.1. The number of likely N-dealkylation sites (N-methyl/N-ethyl adjacent to an activating group) is 1. The van der Waals surface area contributed by atoms with Crippen LogP contribution in [0.4, 0.5) is 5.82 Å². The van der Waals surface area contributed by atoms with Gasteiger partial charge in [0.1, 0.15) is 5.75 Å². The molecule has 0 saturated carbocycles. The van der Waals surface area contributed by atoms with Gasteiger partial charge in [-0.25, -0.2) is 14.7 Å². The number of carbonyl (C=O) groups is 1. The van der Waals surface area contributed by atoms with Crippen LogP contribution in [0.15, 0.2) is 88.9 Å². The molecule has 3 heterocycles. The first-order chi connectivity index (χ1) is 17.0. The molecule has 0 radical (unpaired) electrons. The summed E-state index contributed by atoms with van der Waals surface area (Å²) in [6.45, 7) is 1.91. The van der Waals surface area contributed by atoms with E-state index in [1.165, 1.54) is 11.8 Å². The van der Waals surface area contributed by atoms with Crippen LogP contribution >= 0.6 is 11.8 Å². The Morgan fingerprint density at radius 1 is 1.00 bits per heavy atom. The number of aromatic nitrogens is 3. The van der Waals surface area contributed by atoms with Crippen LogP contribution in [-0.4, -0.2) is 44.9 Å². The van der Waals surface area contributed by atoms with Crippen molar-refractivity contribution >= 4 is 34.7 Å². The van der Waals surface area contributed by atoms with Crippen LogP contribution in [0.5, 0.6) is 5.75 Å². The molecular formula is C27H23N5O2S. The van der Waals surface area contributed by atoms with Crippen molar-refractivity contribution in [3.8, 4) is 22.7 Å². The molecule has 5 rings (SSSR count). The van der Waals surface area contributed by atoms with E-state index in [2.05, 4.69) is 9.98 Å². The molecule has 1 aliphatic rings. The fourth-order valence-corrected chi connectivity index (χ4v) is 4.63. The van der Waals surface area contributed by atoms with Crippen molar-refractivity contribution in [2.24, 2.45) is 4.99 Å². The first-order valence-corrected chi connectivity index (χ1v) is 11.8. The number of methoxy groups -OCH3 is 1. The molecule has 2 aromatic carbocycles. The van der Waals surface area contributed by atoms with E-state index in [-0.39, 0.29) is 5.91 Å². The van der Waals surface area contributed by atoms with Crippen LogP contribution in [0.25, 0.3) is 23.0 Å². The molecule has 0 spiro atoms. The summed E-state index contributed by atoms with van der Waals surface area (Å²) in [4.78, 5) is 24.2. The van der Waals surface area contributed by atoms with Gasteiger partial charge in [0.05, 0.1) is 23.4 Å². The van der Waals surface area contributed by atoms with E-state index in [1.807, 2.05) is 96.7 Å². The molecule has 8 heteroatoms. The van der Waals surface area contributed by atoms with Crippen LogP contribution in [0.3, 0.4) is 0 Å². The molecule has 0 bridgehead atoms. The average molecular weight is 482 g/mol. The van der Waals surface area contributed by atoms with Crippen LogP contribution < -0.4 is 4.74 Å². The largest absolute Gasteiger partial charge is 0.497 e. The second kappa shape index (κ2) is 9.60. The Kier molecular flexibility index (Phi) is 6.20. The molecule has 174 valence electrons. The standard InChI is InChI=1S/C27H23N5O2S/c1-18-8-7-11-24(28-18)29-27-31(2)26(33)23(35-27)16-20-17-32(21-9-5-4-6-10-21)30-25(20)19-12-14-22(34-3)15-13-19/h4-17H,1-3H3/b23-16-,29-27+. The molecule has 0 atom stereocenters. The maximum Gasteiger partial charge on any atom is 0.266 e. The molecule has 4 aromatic rings. The number of pyridine rings is 1. The summed E-state index contributed by atoms with van der Waals surface area (Å²) in [5.41, 5.74) is 4.33. The van der Waals surface area contributed by atoms with Gasteiger partial charge in [-0.2, -0.15) is 5.10 Å². The highest BCUT2D eigenvalue weighted by molar-refractivity contribution is 8.18. The Morgan fingerprint density at radius 2 is 1.77 bits per heavy atom. The Morgan fingerprint density at radius 3 is 2.49 bits per heavy atom. The molecule has 0 unspecified atom stereocenters. The highest BCUT2D eigenvalue weighted by Crippen LogP contribution is 2.35. The number of hydrogen-bond donors (Lipinski definition) is 0. The van der Waals surface area contributed by atoms with Gasteiger partial charge in [-0.3, -0.25) is 9.69 Å². The molecule has 7 nitrogen and oxygen atoms in total. The summed E-state index contributed by atoms with van der Waals surface area (Å²) >= 11 is 1.33. The van der Waals surface area contributed by atoms with Crippen molar-refractivity contribution in [3.63, 3.8) is 0 Å². The monoisotopic (exact) mass is 481 g/mol. The molecule has 0 aliphatic carbocycles. The van der Waals surface area contributed by atoms with E-state index in [1.54, 1.807) is 19.1 Å². The third-order valence-corrected chi connectivity index (χ3v) is 6.56. The minimum absolute atomic E-state index is 0.116. The van der Waals surface area contributed by atoms with Crippen LogP contribution in [-0.2, 0) is 4.79 Å². The number of thioether (sulfide) groups is 1. The SMILES string of the molecule is COc1ccc(-c2nn(-c3ccccc3)cc2/C=C2\S/C(=N/c3cccc(C)n3)N(C)C2=O)cc1. The van der Waals surface area contributed by atoms with Crippen molar-refractivity contribution in [3.05, 3.63) is 95.2 Å². The van der Waals surface area contributed by atoms with Crippen molar-refractivity contribution in [2.75, 3.05) is 14.2 Å². The fraction of sp³-hybridized carbons (Fsp3) is 0.111. The van der Waals surface area contributed by atoms with E-state index in [0.29, 0.717) is 15.9 Å². The first-order valence-electron chi connectivity index (χ1n) is 11.0. The molecule has 1 amide bonds. The van der Waals surface area contributed by atoms with Crippen LogP contribution in [0.1, 0.15) is 11.3 Å². The van der Waals surface area contributed by atoms with Crippen LogP contribution in [0.2, 0.25) is 0 Å². The Balaban J connectivity index is 1.55. The zero-order valence-electron chi connectivity index (χ0n) is 19.5. The van der Waals surface area contributed by atoms with Gasteiger partial charge < -0.3 is 4.74 Å². The van der Waals surface area contributed by atoms with Gasteiger partial charge in [0, 0.05) is 30.1 Å². The molecule has 1 fully saturated rings. The van der Waals surface area contributed by atoms with Gasteiger partial charge in [0.2, 0.25) is 0 Å². The summed E-state index contributed by atoms with van der Waals surface area (Å²) in [5.74, 6) is 1.23. The molecule has 1 aliphatic heterocycles. The van der Waals surface area contributed by atoms with Crippen molar-refractivity contribution in [1.82, 2.24) is 19.7 Å². The smallest absolute Gasteiger partial charge is 0.266 e. The number of ether oxygens (including phenoxy) is 1. The number of carbonyl (C=O) groups excluding carboxylic acids is 1. The summed E-state index contributed by atoms with van der Waals surface area (Å²) in [5, 5.41) is 5.43. The van der Waals surface area contributed by atoms with Gasteiger partial charge in [-0.05, 0) is 73.3 Å². The summed E-state index contributed by atoms with van der Waals surface area (Å²) in [6, 6.07) is 23.2. The van der Waals surface area contributed by atoms with Crippen LogP contribution in [0, 0.1) is 6.92 Å². The maximum atomic E-state index is 13.1. The van der Waals surface area contributed by atoms with Crippen molar-refractivity contribution < 1.29 is 9.53 Å². The van der Waals surface area contributed by atoms with Gasteiger partial charge in [0.15, 0.2) is 11.0 Å². The topological polar surface area (TPSA) is 72.6 Å². The Bertz CT molecular complexity index is 1440. The number of para-hydroxylation sites is 1. The fourth-order valence-electron chi connectivity index (χ4n) is 3.66. The van der Waals surface area contributed by atoms with E-state index in [4.69, 9.17) is 9.84 Å². The lowest BCUT2D eigenvalue weighted by molar-refractivity contribution is -0.121.